The maximum Gasteiger partial charge on any atom is 0.280 e. The van der Waals surface area contributed by atoms with Crippen molar-refractivity contribution in [3.05, 3.63) is 22.3 Å². The predicted molar refractivity (Wildman–Crippen MR) is 46.5 cm³/mol. The number of anilines is 1. The number of rotatable bonds is 2. The number of aromatic nitrogens is 1. The molecular weight excluding hydrogens is 200 g/mol. The predicted octanol–water partition coefficient (Wildman–Crippen LogP) is 1.71. The first kappa shape index (κ1) is 10.1. The summed E-state index contributed by atoms with van der Waals surface area (Å²) in [5.74, 6) is -0.0368. The Morgan fingerprint density at radius 3 is 2.54 bits per heavy atom. The van der Waals surface area contributed by atoms with Crippen LogP contribution in [0.4, 0.5) is 14.6 Å². The molecule has 1 aromatic heterocycles. The van der Waals surface area contributed by atoms with Crippen LogP contribution in [0.25, 0.3) is 0 Å². The highest BCUT2D eigenvalue weighted by Gasteiger charge is 2.13. The van der Waals surface area contributed by atoms with Gasteiger partial charge >= 0.3 is 0 Å². The van der Waals surface area contributed by atoms with E-state index < -0.39 is 12.1 Å². The van der Waals surface area contributed by atoms with Gasteiger partial charge < -0.3 is 11.5 Å². The molecule has 6 heteroatoms. The van der Waals surface area contributed by atoms with Crippen molar-refractivity contribution in [3.8, 4) is 0 Å². The summed E-state index contributed by atoms with van der Waals surface area (Å²) in [4.78, 5) is 3.47. The van der Waals surface area contributed by atoms with Gasteiger partial charge in [-0.05, 0) is 6.07 Å². The molecule has 0 spiro atoms. The molecule has 0 saturated carbocycles. The molecule has 4 N–H and O–H groups in total. The van der Waals surface area contributed by atoms with Crippen LogP contribution in [0.15, 0.2) is 6.07 Å². The van der Waals surface area contributed by atoms with Crippen LogP contribution in [-0.4, -0.2) is 4.98 Å². The number of hydrogen-bond acceptors (Lipinski definition) is 3. The average molecular weight is 208 g/mol. The lowest BCUT2D eigenvalue weighted by Gasteiger charge is -2.07. The highest BCUT2D eigenvalue weighted by Crippen LogP contribution is 2.26. The molecule has 13 heavy (non-hydrogen) atoms. The van der Waals surface area contributed by atoms with Crippen LogP contribution < -0.4 is 11.5 Å². The molecule has 1 heterocycles. The van der Waals surface area contributed by atoms with Gasteiger partial charge in [0.25, 0.3) is 6.43 Å². The van der Waals surface area contributed by atoms with Gasteiger partial charge in [-0.3, -0.25) is 0 Å². The fraction of sp³-hybridized carbons (Fsp3) is 0.286. The Morgan fingerprint density at radius 2 is 2.15 bits per heavy atom. The van der Waals surface area contributed by atoms with Crippen molar-refractivity contribution in [1.29, 1.82) is 0 Å². The fourth-order valence-corrected chi connectivity index (χ4v) is 1.18. The van der Waals surface area contributed by atoms with E-state index in [0.717, 1.165) is 6.07 Å². The van der Waals surface area contributed by atoms with Gasteiger partial charge in [-0.25, -0.2) is 13.8 Å². The minimum atomic E-state index is -2.67. The van der Waals surface area contributed by atoms with Gasteiger partial charge in [0, 0.05) is 12.1 Å². The molecule has 0 unspecified atom stereocenters. The summed E-state index contributed by atoms with van der Waals surface area (Å²) in [5, 5.41) is 0.130. The monoisotopic (exact) mass is 207 g/mol. The Kier molecular flexibility index (Phi) is 3.00. The van der Waals surface area contributed by atoms with Crippen LogP contribution >= 0.6 is 11.6 Å². The highest BCUT2D eigenvalue weighted by molar-refractivity contribution is 6.31. The number of nitrogen functional groups attached to an aromatic ring is 1. The molecule has 1 rings (SSSR count). The van der Waals surface area contributed by atoms with Gasteiger partial charge in [0.2, 0.25) is 0 Å². The third-order valence-corrected chi connectivity index (χ3v) is 1.89. The van der Waals surface area contributed by atoms with Crippen molar-refractivity contribution < 1.29 is 8.78 Å². The molecule has 0 aromatic carbocycles. The van der Waals surface area contributed by atoms with Crippen LogP contribution in [0.1, 0.15) is 17.7 Å². The summed E-state index contributed by atoms with van der Waals surface area (Å²) in [5.41, 5.74) is 10.6. The maximum absolute atomic E-state index is 12.2. The Morgan fingerprint density at radius 1 is 1.54 bits per heavy atom. The average Bonchev–Trinajstić information content (AvgIpc) is 2.03. The largest absolute Gasteiger partial charge is 0.383 e. The molecule has 72 valence electrons. The van der Waals surface area contributed by atoms with E-state index in [2.05, 4.69) is 4.98 Å². The Balaban J connectivity index is 3.20. The van der Waals surface area contributed by atoms with E-state index in [4.69, 9.17) is 23.1 Å². The van der Waals surface area contributed by atoms with Crippen LogP contribution in [0.2, 0.25) is 5.02 Å². The number of nitrogens with zero attached hydrogens (tertiary/aromatic N) is 1. The Hall–Kier alpha value is -0.940. The van der Waals surface area contributed by atoms with E-state index in [-0.39, 0.29) is 17.4 Å². The molecule has 0 bridgehead atoms. The van der Waals surface area contributed by atoms with E-state index in [9.17, 15) is 8.78 Å². The van der Waals surface area contributed by atoms with Gasteiger partial charge in [-0.2, -0.15) is 0 Å². The van der Waals surface area contributed by atoms with E-state index in [1.807, 2.05) is 0 Å². The summed E-state index contributed by atoms with van der Waals surface area (Å²) < 4.78 is 24.3. The van der Waals surface area contributed by atoms with E-state index in [1.165, 1.54) is 0 Å². The van der Waals surface area contributed by atoms with Gasteiger partial charge in [0.1, 0.15) is 11.5 Å². The van der Waals surface area contributed by atoms with Crippen molar-refractivity contribution in [1.82, 2.24) is 4.98 Å². The van der Waals surface area contributed by atoms with E-state index in [1.54, 1.807) is 0 Å². The second kappa shape index (κ2) is 3.85. The first-order valence-electron chi connectivity index (χ1n) is 3.49. The third-order valence-electron chi connectivity index (χ3n) is 1.55. The zero-order valence-electron chi connectivity index (χ0n) is 6.60. The second-order valence-electron chi connectivity index (χ2n) is 2.40. The lowest BCUT2D eigenvalue weighted by Crippen LogP contribution is -2.06. The number of halogens is 3. The lowest BCUT2D eigenvalue weighted by atomic mass is 10.2. The van der Waals surface area contributed by atoms with Crippen LogP contribution in [-0.2, 0) is 6.54 Å². The van der Waals surface area contributed by atoms with Gasteiger partial charge in [-0.1, -0.05) is 11.6 Å². The molecule has 0 fully saturated rings. The quantitative estimate of drug-likeness (QED) is 0.776. The summed E-state index contributed by atoms with van der Waals surface area (Å²) in [6.45, 7) is 0.0845. The van der Waals surface area contributed by atoms with Gasteiger partial charge in [-0.15, -0.1) is 0 Å². The zero-order valence-corrected chi connectivity index (χ0v) is 7.35. The van der Waals surface area contributed by atoms with Crippen LogP contribution in [0, 0.1) is 0 Å². The van der Waals surface area contributed by atoms with E-state index in [0.29, 0.717) is 5.56 Å². The molecule has 0 saturated heterocycles. The molecule has 0 radical (unpaired) electrons. The molecule has 0 amide bonds. The Labute approximate surface area is 78.7 Å². The minimum Gasteiger partial charge on any atom is -0.383 e. The summed E-state index contributed by atoms with van der Waals surface area (Å²) in [6, 6.07) is 1.07. The second-order valence-corrected chi connectivity index (χ2v) is 2.80. The van der Waals surface area contributed by atoms with Crippen molar-refractivity contribution in [3.63, 3.8) is 0 Å². The first-order valence-corrected chi connectivity index (χ1v) is 3.87. The molecule has 3 nitrogen and oxygen atoms in total. The molecule has 0 atom stereocenters. The smallest absolute Gasteiger partial charge is 0.280 e. The molecule has 1 aromatic rings. The number of pyridine rings is 1. The van der Waals surface area contributed by atoms with Gasteiger partial charge in [0.15, 0.2) is 0 Å². The highest BCUT2D eigenvalue weighted by atomic mass is 35.5. The standard InChI is InChI=1S/C7H8ClF2N3/c8-4-1-5(6(9)10)13-7(12)3(4)2-11/h1,6H,2,11H2,(H2,12,13). The van der Waals surface area contributed by atoms with Gasteiger partial charge in [0.05, 0.1) is 5.02 Å². The number of alkyl halides is 2. The van der Waals surface area contributed by atoms with Crippen molar-refractivity contribution in [2.75, 3.05) is 5.73 Å². The summed E-state index contributed by atoms with van der Waals surface area (Å²) >= 11 is 5.65. The molecule has 0 aliphatic rings. The SMILES string of the molecule is NCc1c(Cl)cc(C(F)F)nc1N. The fourth-order valence-electron chi connectivity index (χ4n) is 0.892. The lowest BCUT2D eigenvalue weighted by molar-refractivity contribution is 0.146. The van der Waals surface area contributed by atoms with Crippen molar-refractivity contribution in [2.45, 2.75) is 13.0 Å². The minimum absolute atomic E-state index is 0.0368. The summed E-state index contributed by atoms with van der Waals surface area (Å²) in [6.07, 6.45) is -2.67. The topological polar surface area (TPSA) is 64.9 Å². The third kappa shape index (κ3) is 2.05. The van der Waals surface area contributed by atoms with Crippen molar-refractivity contribution in [2.24, 2.45) is 5.73 Å². The molecular formula is C7H8ClF2N3. The Bertz CT molecular complexity index is 294. The number of nitrogens with two attached hydrogens (primary N) is 2. The first-order chi connectivity index (χ1) is 6.06. The number of hydrogen-bond donors (Lipinski definition) is 2. The van der Waals surface area contributed by atoms with Crippen molar-refractivity contribution >= 4 is 17.4 Å². The molecule has 0 aliphatic carbocycles. The zero-order chi connectivity index (χ0) is 10.0. The maximum atomic E-state index is 12.2. The van der Waals surface area contributed by atoms with E-state index >= 15 is 0 Å². The van der Waals surface area contributed by atoms with Crippen LogP contribution in [0.5, 0.6) is 0 Å². The normalized spacial score (nSPS) is 10.8. The van der Waals surface area contributed by atoms with Crippen LogP contribution in [0.3, 0.4) is 0 Å². The molecule has 0 aliphatic heterocycles. The summed E-state index contributed by atoms with van der Waals surface area (Å²) in [7, 11) is 0.